The van der Waals surface area contributed by atoms with Crippen molar-refractivity contribution in [3.8, 4) is 0 Å². The van der Waals surface area contributed by atoms with Gasteiger partial charge in [0.05, 0.1) is 5.56 Å². The SMILES string of the molecule is Cc1cc(C(=O)O)ccc1CN(C)CC(C)C. The van der Waals surface area contributed by atoms with E-state index in [4.69, 9.17) is 5.11 Å². The van der Waals surface area contributed by atoms with Gasteiger partial charge in [-0.15, -0.1) is 0 Å². The summed E-state index contributed by atoms with van der Waals surface area (Å²) in [5.74, 6) is -0.228. The number of hydrogen-bond donors (Lipinski definition) is 1. The average Bonchev–Trinajstić information content (AvgIpc) is 2.19. The Kier molecular flexibility index (Phi) is 4.70. The Bertz CT molecular complexity index is 399. The molecule has 0 aliphatic carbocycles. The average molecular weight is 235 g/mol. The fraction of sp³-hybridized carbons (Fsp3) is 0.500. The minimum atomic E-state index is -0.866. The molecule has 3 nitrogen and oxygen atoms in total. The Balaban J connectivity index is 2.75. The lowest BCUT2D eigenvalue weighted by Gasteiger charge is -2.20. The number of rotatable bonds is 5. The predicted molar refractivity (Wildman–Crippen MR) is 69.3 cm³/mol. The summed E-state index contributed by atoms with van der Waals surface area (Å²) in [6.07, 6.45) is 0. The second-order valence-corrected chi connectivity index (χ2v) is 5.04. The first-order chi connectivity index (χ1) is 7.90. The molecule has 0 bridgehead atoms. The zero-order chi connectivity index (χ0) is 13.0. The summed E-state index contributed by atoms with van der Waals surface area (Å²) in [5, 5.41) is 8.89. The fourth-order valence-electron chi connectivity index (χ4n) is 1.99. The minimum absolute atomic E-state index is 0.359. The number of hydrogen-bond acceptors (Lipinski definition) is 2. The van der Waals surface area contributed by atoms with Gasteiger partial charge in [-0.3, -0.25) is 0 Å². The third-order valence-electron chi connectivity index (χ3n) is 2.71. The van der Waals surface area contributed by atoms with Gasteiger partial charge in [0.2, 0.25) is 0 Å². The molecule has 3 heteroatoms. The van der Waals surface area contributed by atoms with Crippen LogP contribution in [-0.2, 0) is 6.54 Å². The van der Waals surface area contributed by atoms with Gasteiger partial charge in [-0.05, 0) is 43.1 Å². The largest absolute Gasteiger partial charge is 0.478 e. The van der Waals surface area contributed by atoms with Gasteiger partial charge in [0.15, 0.2) is 0 Å². The van der Waals surface area contributed by atoms with Crippen LogP contribution in [0.4, 0.5) is 0 Å². The van der Waals surface area contributed by atoms with Gasteiger partial charge in [-0.2, -0.15) is 0 Å². The predicted octanol–water partition coefficient (Wildman–Crippen LogP) is 2.78. The lowest BCUT2D eigenvalue weighted by atomic mass is 10.0. The van der Waals surface area contributed by atoms with Gasteiger partial charge < -0.3 is 10.0 Å². The van der Waals surface area contributed by atoms with Crippen LogP contribution in [0.15, 0.2) is 18.2 Å². The van der Waals surface area contributed by atoms with Gasteiger partial charge >= 0.3 is 5.97 Å². The number of benzene rings is 1. The molecule has 1 aromatic rings. The van der Waals surface area contributed by atoms with E-state index in [1.54, 1.807) is 12.1 Å². The van der Waals surface area contributed by atoms with Crippen molar-refractivity contribution in [1.29, 1.82) is 0 Å². The van der Waals surface area contributed by atoms with E-state index in [-0.39, 0.29) is 0 Å². The molecular formula is C14H21NO2. The molecule has 1 rings (SSSR count). The molecule has 0 atom stereocenters. The Morgan fingerprint density at radius 3 is 2.53 bits per heavy atom. The van der Waals surface area contributed by atoms with E-state index < -0.39 is 5.97 Å². The standard InChI is InChI=1S/C14H21NO2/c1-10(2)8-15(4)9-13-6-5-12(14(16)17)7-11(13)3/h5-7,10H,8-9H2,1-4H3,(H,16,17). The van der Waals surface area contributed by atoms with E-state index in [1.165, 1.54) is 5.56 Å². The summed E-state index contributed by atoms with van der Waals surface area (Å²) in [6, 6.07) is 5.32. The Morgan fingerprint density at radius 2 is 2.06 bits per heavy atom. The van der Waals surface area contributed by atoms with Crippen LogP contribution in [0.1, 0.15) is 35.3 Å². The molecule has 0 unspecified atom stereocenters. The molecule has 17 heavy (non-hydrogen) atoms. The van der Waals surface area contributed by atoms with E-state index in [0.717, 1.165) is 18.7 Å². The van der Waals surface area contributed by atoms with Crippen LogP contribution in [-0.4, -0.2) is 29.6 Å². The highest BCUT2D eigenvalue weighted by Crippen LogP contribution is 2.13. The molecule has 0 saturated carbocycles. The number of carboxylic acid groups (broad SMARTS) is 1. The van der Waals surface area contributed by atoms with Crippen molar-refractivity contribution in [2.45, 2.75) is 27.3 Å². The van der Waals surface area contributed by atoms with Crippen molar-refractivity contribution in [2.75, 3.05) is 13.6 Å². The van der Waals surface area contributed by atoms with Crippen LogP contribution in [0.2, 0.25) is 0 Å². The summed E-state index contributed by atoms with van der Waals surface area (Å²) in [4.78, 5) is 13.1. The van der Waals surface area contributed by atoms with E-state index in [1.807, 2.05) is 13.0 Å². The normalized spacial score (nSPS) is 11.2. The van der Waals surface area contributed by atoms with E-state index in [9.17, 15) is 4.79 Å². The third-order valence-corrected chi connectivity index (χ3v) is 2.71. The van der Waals surface area contributed by atoms with Crippen molar-refractivity contribution in [2.24, 2.45) is 5.92 Å². The second-order valence-electron chi connectivity index (χ2n) is 5.04. The van der Waals surface area contributed by atoms with Gasteiger partial charge in [0, 0.05) is 13.1 Å². The van der Waals surface area contributed by atoms with Gasteiger partial charge in [0.1, 0.15) is 0 Å². The smallest absolute Gasteiger partial charge is 0.335 e. The molecule has 1 N–H and O–H groups in total. The molecule has 0 heterocycles. The molecule has 94 valence electrons. The van der Waals surface area contributed by atoms with Gasteiger partial charge in [-0.1, -0.05) is 19.9 Å². The fourth-order valence-corrected chi connectivity index (χ4v) is 1.99. The summed E-state index contributed by atoms with van der Waals surface area (Å²) in [5.41, 5.74) is 2.59. The van der Waals surface area contributed by atoms with Crippen LogP contribution in [0.25, 0.3) is 0 Å². The van der Waals surface area contributed by atoms with Crippen LogP contribution >= 0.6 is 0 Å². The highest BCUT2D eigenvalue weighted by Gasteiger charge is 2.08. The quantitative estimate of drug-likeness (QED) is 0.853. The first-order valence-corrected chi connectivity index (χ1v) is 5.91. The zero-order valence-corrected chi connectivity index (χ0v) is 11.0. The summed E-state index contributed by atoms with van der Waals surface area (Å²) in [7, 11) is 2.09. The Morgan fingerprint density at radius 1 is 1.41 bits per heavy atom. The van der Waals surface area contributed by atoms with E-state index in [2.05, 4.69) is 25.8 Å². The molecule has 0 amide bonds. The molecule has 0 radical (unpaired) electrons. The number of nitrogens with zero attached hydrogens (tertiary/aromatic N) is 1. The summed E-state index contributed by atoms with van der Waals surface area (Å²) < 4.78 is 0. The summed E-state index contributed by atoms with van der Waals surface area (Å²) >= 11 is 0. The lowest BCUT2D eigenvalue weighted by molar-refractivity contribution is 0.0697. The highest BCUT2D eigenvalue weighted by molar-refractivity contribution is 5.87. The molecule has 0 fully saturated rings. The lowest BCUT2D eigenvalue weighted by Crippen LogP contribution is -2.23. The number of carboxylic acids is 1. The van der Waals surface area contributed by atoms with Gasteiger partial charge in [-0.25, -0.2) is 4.79 Å². The molecule has 0 aliphatic heterocycles. The first kappa shape index (κ1) is 13.7. The maximum Gasteiger partial charge on any atom is 0.335 e. The van der Waals surface area contributed by atoms with Crippen LogP contribution in [0.3, 0.4) is 0 Å². The zero-order valence-electron chi connectivity index (χ0n) is 11.0. The Hall–Kier alpha value is -1.35. The second kappa shape index (κ2) is 5.82. The van der Waals surface area contributed by atoms with Crippen molar-refractivity contribution in [3.63, 3.8) is 0 Å². The first-order valence-electron chi connectivity index (χ1n) is 5.91. The van der Waals surface area contributed by atoms with Crippen molar-refractivity contribution in [3.05, 3.63) is 34.9 Å². The van der Waals surface area contributed by atoms with Crippen LogP contribution in [0, 0.1) is 12.8 Å². The molecule has 1 aromatic carbocycles. The maximum atomic E-state index is 10.8. The topological polar surface area (TPSA) is 40.5 Å². The molecule has 0 saturated heterocycles. The number of aromatic carboxylic acids is 1. The minimum Gasteiger partial charge on any atom is -0.478 e. The van der Waals surface area contributed by atoms with Crippen molar-refractivity contribution in [1.82, 2.24) is 4.90 Å². The molecule has 0 aromatic heterocycles. The number of carbonyl (C=O) groups is 1. The van der Waals surface area contributed by atoms with E-state index in [0.29, 0.717) is 11.5 Å². The van der Waals surface area contributed by atoms with Crippen molar-refractivity contribution >= 4 is 5.97 Å². The molecule has 0 aliphatic rings. The highest BCUT2D eigenvalue weighted by atomic mass is 16.4. The molecular weight excluding hydrogens is 214 g/mol. The van der Waals surface area contributed by atoms with Gasteiger partial charge in [0.25, 0.3) is 0 Å². The van der Waals surface area contributed by atoms with Crippen LogP contribution < -0.4 is 0 Å². The van der Waals surface area contributed by atoms with Crippen molar-refractivity contribution < 1.29 is 9.90 Å². The molecule has 0 spiro atoms. The monoisotopic (exact) mass is 235 g/mol. The van der Waals surface area contributed by atoms with E-state index >= 15 is 0 Å². The Labute approximate surface area is 103 Å². The summed E-state index contributed by atoms with van der Waals surface area (Å²) in [6.45, 7) is 8.25. The maximum absolute atomic E-state index is 10.8. The third kappa shape index (κ3) is 4.19. The number of aryl methyl sites for hydroxylation is 1. The van der Waals surface area contributed by atoms with Crippen LogP contribution in [0.5, 0.6) is 0 Å².